The average Bonchev–Trinajstić information content (AvgIpc) is 2.43. The molecule has 1 unspecified atom stereocenters. The lowest BCUT2D eigenvalue weighted by molar-refractivity contribution is -0.00586. The van der Waals surface area contributed by atoms with Crippen molar-refractivity contribution in [2.45, 2.75) is 38.9 Å². The maximum absolute atomic E-state index is 12.7. The normalized spacial score (nSPS) is 12.7. The van der Waals surface area contributed by atoms with Crippen LogP contribution in [0.25, 0.3) is 0 Å². The molecule has 0 heterocycles. The van der Waals surface area contributed by atoms with Crippen molar-refractivity contribution in [2.75, 3.05) is 19.5 Å². The first-order valence-electron chi connectivity index (χ1n) is 6.81. The first-order chi connectivity index (χ1) is 10.6. The van der Waals surface area contributed by atoms with Crippen molar-refractivity contribution in [2.24, 2.45) is 0 Å². The second kappa shape index (κ2) is 7.45. The van der Waals surface area contributed by atoms with Gasteiger partial charge in [-0.2, -0.15) is 0 Å². The van der Waals surface area contributed by atoms with E-state index in [1.807, 2.05) is 0 Å². The van der Waals surface area contributed by atoms with E-state index in [1.54, 1.807) is 20.8 Å². The molecule has 2 N–H and O–H groups in total. The number of ether oxygens (including phenoxy) is 3. The van der Waals surface area contributed by atoms with Crippen LogP contribution in [0, 0.1) is 0 Å². The van der Waals surface area contributed by atoms with Crippen molar-refractivity contribution in [1.82, 2.24) is 0 Å². The Morgan fingerprint density at radius 3 is 2.26 bits per heavy atom. The number of amides is 1. The summed E-state index contributed by atoms with van der Waals surface area (Å²) >= 11 is 0. The Morgan fingerprint density at radius 1 is 1.22 bits per heavy atom. The zero-order valence-electron chi connectivity index (χ0n) is 13.6. The zero-order valence-corrected chi connectivity index (χ0v) is 13.6. The van der Waals surface area contributed by atoms with Crippen molar-refractivity contribution in [3.05, 3.63) is 17.7 Å². The molecule has 1 rings (SSSR count). The van der Waals surface area contributed by atoms with E-state index in [0.29, 0.717) is 0 Å². The fourth-order valence-corrected chi connectivity index (χ4v) is 1.81. The molecule has 0 aliphatic rings. The molecule has 0 aliphatic heterocycles. The van der Waals surface area contributed by atoms with Gasteiger partial charge in [-0.25, -0.2) is 13.6 Å². The number of aliphatic hydroxyl groups excluding tert-OH is 1. The number of nitrogens with one attached hydrogen (secondary N) is 1. The van der Waals surface area contributed by atoms with E-state index < -0.39 is 24.2 Å². The van der Waals surface area contributed by atoms with Gasteiger partial charge < -0.3 is 19.3 Å². The van der Waals surface area contributed by atoms with E-state index in [9.17, 15) is 18.7 Å². The molecular formula is C15H21F2NO5. The van der Waals surface area contributed by atoms with E-state index in [2.05, 4.69) is 5.32 Å². The first kappa shape index (κ1) is 19.0. The van der Waals surface area contributed by atoms with E-state index in [1.165, 1.54) is 26.4 Å². The van der Waals surface area contributed by atoms with E-state index >= 15 is 0 Å². The number of carbonyl (C=O) groups is 1. The third-order valence-electron chi connectivity index (χ3n) is 2.72. The highest BCUT2D eigenvalue weighted by atomic mass is 19.3. The van der Waals surface area contributed by atoms with Crippen LogP contribution in [0.15, 0.2) is 12.1 Å². The van der Waals surface area contributed by atoms with Crippen LogP contribution in [0.2, 0.25) is 0 Å². The second-order valence-corrected chi connectivity index (χ2v) is 5.71. The SMILES string of the molecule is COc1cc(C(O)C(F)F)cc(NC(=O)OC(C)(C)C)c1OC. The van der Waals surface area contributed by atoms with Gasteiger partial charge in [0.05, 0.1) is 19.9 Å². The predicted molar refractivity (Wildman–Crippen MR) is 80.4 cm³/mol. The molecule has 6 nitrogen and oxygen atoms in total. The molecule has 130 valence electrons. The molecule has 8 heteroatoms. The smallest absolute Gasteiger partial charge is 0.412 e. The van der Waals surface area contributed by atoms with Crippen molar-refractivity contribution in [3.63, 3.8) is 0 Å². The van der Waals surface area contributed by atoms with Gasteiger partial charge in [-0.3, -0.25) is 5.32 Å². The summed E-state index contributed by atoms with van der Waals surface area (Å²) in [5.74, 6) is 0.222. The number of anilines is 1. The number of hydrogen-bond acceptors (Lipinski definition) is 5. The van der Waals surface area contributed by atoms with Crippen LogP contribution in [0.4, 0.5) is 19.3 Å². The lowest BCUT2D eigenvalue weighted by Crippen LogP contribution is -2.27. The molecule has 0 bridgehead atoms. The van der Waals surface area contributed by atoms with Crippen LogP contribution in [-0.4, -0.2) is 37.4 Å². The van der Waals surface area contributed by atoms with E-state index in [-0.39, 0.29) is 22.7 Å². The van der Waals surface area contributed by atoms with Crippen LogP contribution >= 0.6 is 0 Å². The van der Waals surface area contributed by atoms with Crippen LogP contribution in [0.1, 0.15) is 32.4 Å². The highest BCUT2D eigenvalue weighted by Crippen LogP contribution is 2.39. The summed E-state index contributed by atoms with van der Waals surface area (Å²) in [7, 11) is 2.65. The maximum Gasteiger partial charge on any atom is 0.412 e. The van der Waals surface area contributed by atoms with Crippen molar-refractivity contribution >= 4 is 11.8 Å². The summed E-state index contributed by atoms with van der Waals surface area (Å²) in [5, 5.41) is 11.9. The first-order valence-corrected chi connectivity index (χ1v) is 6.81. The number of aliphatic hydroxyl groups is 1. The van der Waals surface area contributed by atoms with Crippen LogP contribution in [0.5, 0.6) is 11.5 Å². The molecule has 1 aromatic rings. The van der Waals surface area contributed by atoms with E-state index in [4.69, 9.17) is 14.2 Å². The quantitative estimate of drug-likeness (QED) is 0.864. The molecule has 0 radical (unpaired) electrons. The Bertz CT molecular complexity index is 558. The van der Waals surface area contributed by atoms with Gasteiger partial charge in [-0.1, -0.05) is 0 Å². The second-order valence-electron chi connectivity index (χ2n) is 5.71. The van der Waals surface area contributed by atoms with Gasteiger partial charge in [-0.15, -0.1) is 0 Å². The molecular weight excluding hydrogens is 312 g/mol. The Hall–Kier alpha value is -2.09. The molecule has 1 atom stereocenters. The number of halogens is 2. The Kier molecular flexibility index (Phi) is 6.14. The van der Waals surface area contributed by atoms with Gasteiger partial charge in [0, 0.05) is 0 Å². The molecule has 0 aliphatic carbocycles. The summed E-state index contributed by atoms with van der Waals surface area (Å²) in [6.45, 7) is 5.05. The molecule has 1 amide bonds. The topological polar surface area (TPSA) is 77.0 Å². The summed E-state index contributed by atoms with van der Waals surface area (Å²) in [6, 6.07) is 2.40. The molecule has 0 spiro atoms. The number of rotatable bonds is 5. The number of carbonyl (C=O) groups excluding carboxylic acids is 1. The summed E-state index contributed by atoms with van der Waals surface area (Å²) in [4.78, 5) is 11.9. The number of hydrogen-bond donors (Lipinski definition) is 2. The molecule has 0 saturated heterocycles. The fraction of sp³-hybridized carbons (Fsp3) is 0.533. The summed E-state index contributed by atoms with van der Waals surface area (Å²) in [5.41, 5.74) is -0.805. The van der Waals surface area contributed by atoms with Gasteiger partial charge in [0.2, 0.25) is 0 Å². The number of alkyl halides is 2. The highest BCUT2D eigenvalue weighted by Gasteiger charge is 2.25. The summed E-state index contributed by atoms with van der Waals surface area (Å²) in [6.07, 6.45) is -5.79. The van der Waals surface area contributed by atoms with Gasteiger partial charge >= 0.3 is 6.09 Å². The largest absolute Gasteiger partial charge is 0.493 e. The third-order valence-corrected chi connectivity index (χ3v) is 2.72. The number of methoxy groups -OCH3 is 2. The third kappa shape index (κ3) is 5.24. The Morgan fingerprint density at radius 2 is 1.83 bits per heavy atom. The van der Waals surface area contributed by atoms with Gasteiger partial charge in [-0.05, 0) is 38.5 Å². The lowest BCUT2D eigenvalue weighted by Gasteiger charge is -2.21. The Balaban J connectivity index is 3.22. The summed E-state index contributed by atoms with van der Waals surface area (Å²) < 4.78 is 40.7. The molecule has 23 heavy (non-hydrogen) atoms. The highest BCUT2D eigenvalue weighted by molar-refractivity contribution is 5.88. The molecule has 0 saturated carbocycles. The van der Waals surface area contributed by atoms with Crippen LogP contribution in [0.3, 0.4) is 0 Å². The standard InChI is InChI=1S/C15H21F2NO5/c1-15(2,3)23-14(20)18-9-6-8(11(19)13(16)17)7-10(21-4)12(9)22-5/h6-7,11,13,19H,1-5H3,(H,18,20). The zero-order chi connectivity index (χ0) is 17.8. The van der Waals surface area contributed by atoms with Crippen molar-refractivity contribution in [3.8, 4) is 11.5 Å². The van der Waals surface area contributed by atoms with Crippen molar-refractivity contribution in [1.29, 1.82) is 0 Å². The maximum atomic E-state index is 12.7. The van der Waals surface area contributed by atoms with Crippen LogP contribution in [-0.2, 0) is 4.74 Å². The molecule has 0 fully saturated rings. The number of benzene rings is 1. The molecule has 0 aromatic heterocycles. The minimum atomic E-state index is -2.98. The van der Waals surface area contributed by atoms with Crippen molar-refractivity contribution < 1.29 is 32.9 Å². The van der Waals surface area contributed by atoms with Gasteiger partial charge in [0.25, 0.3) is 6.43 Å². The van der Waals surface area contributed by atoms with Gasteiger partial charge in [0.15, 0.2) is 11.5 Å². The monoisotopic (exact) mass is 333 g/mol. The van der Waals surface area contributed by atoms with E-state index in [0.717, 1.165) is 0 Å². The fourth-order valence-electron chi connectivity index (χ4n) is 1.81. The van der Waals surface area contributed by atoms with Gasteiger partial charge in [0.1, 0.15) is 11.7 Å². The minimum Gasteiger partial charge on any atom is -0.493 e. The minimum absolute atomic E-state index is 0.0517. The lowest BCUT2D eigenvalue weighted by atomic mass is 10.1. The molecule has 1 aromatic carbocycles. The average molecular weight is 333 g/mol. The van der Waals surface area contributed by atoms with Crippen LogP contribution < -0.4 is 14.8 Å². The predicted octanol–water partition coefficient (Wildman–Crippen LogP) is 3.35. The Labute approximate surface area is 133 Å².